The quantitative estimate of drug-likeness (QED) is 0.613. The largest absolute Gasteiger partial charge is 0.322 e. The zero-order valence-electron chi connectivity index (χ0n) is 15.8. The lowest BCUT2D eigenvalue weighted by molar-refractivity contribution is -0.123. The van der Waals surface area contributed by atoms with Crippen molar-refractivity contribution in [3.8, 4) is 0 Å². The Bertz CT molecular complexity index is 1050. The number of imide groups is 1. The van der Waals surface area contributed by atoms with Gasteiger partial charge in [-0.3, -0.25) is 19.3 Å². The van der Waals surface area contributed by atoms with E-state index in [9.17, 15) is 14.4 Å². The normalized spacial score (nSPS) is 26.9. The maximum absolute atomic E-state index is 12.9. The average Bonchev–Trinajstić information content (AvgIpc) is 3.39. The summed E-state index contributed by atoms with van der Waals surface area (Å²) in [7, 11) is 0. The first-order valence-corrected chi connectivity index (χ1v) is 10.1. The third kappa shape index (κ3) is 2.72. The molecular formula is C23H19ClN2O3. The molecule has 1 heterocycles. The summed E-state index contributed by atoms with van der Waals surface area (Å²) in [5, 5.41) is 3.43. The molecule has 1 saturated carbocycles. The van der Waals surface area contributed by atoms with Crippen LogP contribution in [0.4, 0.5) is 11.4 Å². The van der Waals surface area contributed by atoms with Crippen molar-refractivity contribution in [3.05, 3.63) is 70.8 Å². The Balaban J connectivity index is 1.36. The van der Waals surface area contributed by atoms with E-state index in [2.05, 4.69) is 17.5 Å². The fourth-order valence-corrected chi connectivity index (χ4v) is 5.03. The van der Waals surface area contributed by atoms with Crippen molar-refractivity contribution in [3.63, 3.8) is 0 Å². The summed E-state index contributed by atoms with van der Waals surface area (Å²) in [4.78, 5) is 39.7. The molecule has 6 heteroatoms. The smallest absolute Gasteiger partial charge is 0.255 e. The number of hydrogen-bond donors (Lipinski definition) is 1. The van der Waals surface area contributed by atoms with Crippen LogP contribution in [-0.4, -0.2) is 17.7 Å². The average molecular weight is 407 g/mol. The molecule has 0 radical (unpaired) electrons. The van der Waals surface area contributed by atoms with Crippen molar-refractivity contribution < 1.29 is 14.4 Å². The molecule has 2 aliphatic carbocycles. The van der Waals surface area contributed by atoms with Crippen molar-refractivity contribution in [2.45, 2.75) is 13.3 Å². The van der Waals surface area contributed by atoms with Gasteiger partial charge in [-0.05, 0) is 67.1 Å². The number of halogens is 1. The Labute approximate surface area is 173 Å². The molecule has 5 nitrogen and oxygen atoms in total. The molecule has 1 saturated heterocycles. The van der Waals surface area contributed by atoms with E-state index < -0.39 is 0 Å². The number of allylic oxidation sites excluding steroid dienone is 2. The van der Waals surface area contributed by atoms with Crippen molar-refractivity contribution >= 4 is 40.7 Å². The van der Waals surface area contributed by atoms with Crippen LogP contribution < -0.4 is 10.2 Å². The summed E-state index contributed by atoms with van der Waals surface area (Å²) in [6, 6.07) is 11.9. The maximum atomic E-state index is 12.9. The second kappa shape index (κ2) is 6.56. The molecule has 4 atom stereocenters. The molecule has 2 aromatic rings. The van der Waals surface area contributed by atoms with Gasteiger partial charge in [0, 0.05) is 16.3 Å². The van der Waals surface area contributed by atoms with Gasteiger partial charge in [0.25, 0.3) is 5.91 Å². The first-order valence-electron chi connectivity index (χ1n) is 9.68. The fraction of sp³-hybridized carbons (Fsp3) is 0.261. The Morgan fingerprint density at radius 1 is 1.00 bits per heavy atom. The number of carbonyl (C=O) groups is 3. The third-order valence-electron chi connectivity index (χ3n) is 6.37. The van der Waals surface area contributed by atoms with Crippen LogP contribution in [0.25, 0.3) is 0 Å². The van der Waals surface area contributed by atoms with Crippen LogP contribution in [0.3, 0.4) is 0 Å². The second-order valence-corrected chi connectivity index (χ2v) is 8.33. The standard InChI is InChI=1S/C23H19ClN2O3/c1-12-17(24)3-2-4-18(12)25-21(27)13-7-9-16(10-8-13)26-22(28)19-14-5-6-15(11-14)20(19)23(26)29/h2-10,14-15,19-20H,11H2,1H3,(H,25,27)/t14-,15+,19-,20+. The summed E-state index contributed by atoms with van der Waals surface area (Å²) < 4.78 is 0. The van der Waals surface area contributed by atoms with Crippen LogP contribution in [0, 0.1) is 30.6 Å². The number of fused-ring (bicyclic) bond motifs is 5. The first kappa shape index (κ1) is 18.1. The van der Waals surface area contributed by atoms with Crippen LogP contribution in [0.1, 0.15) is 22.3 Å². The Morgan fingerprint density at radius 2 is 1.62 bits per heavy atom. The van der Waals surface area contributed by atoms with Crippen LogP contribution >= 0.6 is 11.6 Å². The third-order valence-corrected chi connectivity index (χ3v) is 6.78. The molecule has 0 spiro atoms. The van der Waals surface area contributed by atoms with E-state index in [4.69, 9.17) is 11.6 Å². The van der Waals surface area contributed by atoms with Gasteiger partial charge in [0.2, 0.25) is 11.8 Å². The van der Waals surface area contributed by atoms with Crippen molar-refractivity contribution in [1.29, 1.82) is 0 Å². The summed E-state index contributed by atoms with van der Waals surface area (Å²) in [6.45, 7) is 1.84. The van der Waals surface area contributed by atoms with Crippen LogP contribution in [0.2, 0.25) is 5.02 Å². The Kier molecular flexibility index (Phi) is 4.10. The number of rotatable bonds is 3. The Hall–Kier alpha value is -2.92. The molecule has 3 aliphatic rings. The minimum absolute atomic E-state index is 0.122. The molecule has 29 heavy (non-hydrogen) atoms. The highest BCUT2D eigenvalue weighted by molar-refractivity contribution is 6.31. The number of nitrogens with one attached hydrogen (secondary N) is 1. The highest BCUT2D eigenvalue weighted by Gasteiger charge is 2.59. The number of nitrogens with zero attached hydrogens (tertiary/aromatic N) is 1. The van der Waals surface area contributed by atoms with Gasteiger partial charge in [-0.2, -0.15) is 0 Å². The van der Waals surface area contributed by atoms with Gasteiger partial charge in [-0.15, -0.1) is 0 Å². The van der Waals surface area contributed by atoms with Crippen molar-refractivity contribution in [2.24, 2.45) is 23.7 Å². The van der Waals surface area contributed by atoms with E-state index in [1.54, 1.807) is 42.5 Å². The SMILES string of the molecule is Cc1c(Cl)cccc1NC(=O)c1ccc(N2C(=O)[C@@H]3[C@H](C2=O)[C@@H]2C=C[C@H]3C2)cc1. The lowest BCUT2D eigenvalue weighted by Crippen LogP contribution is -2.32. The van der Waals surface area contributed by atoms with E-state index in [0.717, 1.165) is 12.0 Å². The van der Waals surface area contributed by atoms with E-state index in [0.29, 0.717) is 22.0 Å². The zero-order chi connectivity index (χ0) is 20.3. The minimum atomic E-state index is -0.278. The molecule has 3 amide bonds. The lowest BCUT2D eigenvalue weighted by Gasteiger charge is -2.17. The highest BCUT2D eigenvalue weighted by Crippen LogP contribution is 2.53. The number of benzene rings is 2. The van der Waals surface area contributed by atoms with E-state index in [1.807, 2.05) is 6.92 Å². The minimum Gasteiger partial charge on any atom is -0.322 e. The van der Waals surface area contributed by atoms with Crippen molar-refractivity contribution in [1.82, 2.24) is 0 Å². The summed E-state index contributed by atoms with van der Waals surface area (Å²) in [6.07, 6.45) is 5.06. The molecule has 2 fully saturated rings. The van der Waals surface area contributed by atoms with Gasteiger partial charge in [0.1, 0.15) is 0 Å². The highest BCUT2D eigenvalue weighted by atomic mass is 35.5. The summed E-state index contributed by atoms with van der Waals surface area (Å²) in [5.74, 6) is -0.625. The first-order chi connectivity index (χ1) is 14.0. The molecular weight excluding hydrogens is 388 g/mol. The van der Waals surface area contributed by atoms with Crippen LogP contribution in [-0.2, 0) is 9.59 Å². The van der Waals surface area contributed by atoms with Gasteiger partial charge >= 0.3 is 0 Å². The summed E-state index contributed by atoms with van der Waals surface area (Å²) in [5.41, 5.74) is 2.40. The number of carbonyl (C=O) groups excluding carboxylic acids is 3. The number of amides is 3. The van der Waals surface area contributed by atoms with Crippen LogP contribution in [0.5, 0.6) is 0 Å². The predicted molar refractivity (Wildman–Crippen MR) is 111 cm³/mol. The monoisotopic (exact) mass is 406 g/mol. The van der Waals surface area contributed by atoms with Gasteiger partial charge in [-0.1, -0.05) is 29.8 Å². The van der Waals surface area contributed by atoms with Gasteiger partial charge in [0.05, 0.1) is 17.5 Å². The van der Waals surface area contributed by atoms with Gasteiger partial charge in [-0.25, -0.2) is 0 Å². The molecule has 1 aliphatic heterocycles. The lowest BCUT2D eigenvalue weighted by atomic mass is 9.85. The van der Waals surface area contributed by atoms with Crippen LogP contribution in [0.15, 0.2) is 54.6 Å². The molecule has 2 bridgehead atoms. The van der Waals surface area contributed by atoms with Gasteiger partial charge in [0.15, 0.2) is 0 Å². The molecule has 5 rings (SSSR count). The Morgan fingerprint density at radius 3 is 2.24 bits per heavy atom. The fourth-order valence-electron chi connectivity index (χ4n) is 4.86. The number of hydrogen-bond acceptors (Lipinski definition) is 3. The van der Waals surface area contributed by atoms with E-state index in [1.165, 1.54) is 4.90 Å². The second-order valence-electron chi connectivity index (χ2n) is 7.93. The topological polar surface area (TPSA) is 66.5 Å². The summed E-state index contributed by atoms with van der Waals surface area (Å²) >= 11 is 6.10. The van der Waals surface area contributed by atoms with Gasteiger partial charge < -0.3 is 5.32 Å². The maximum Gasteiger partial charge on any atom is 0.255 e. The molecule has 146 valence electrons. The van der Waals surface area contributed by atoms with E-state index >= 15 is 0 Å². The van der Waals surface area contributed by atoms with E-state index in [-0.39, 0.29) is 41.4 Å². The molecule has 2 aromatic carbocycles. The zero-order valence-corrected chi connectivity index (χ0v) is 16.5. The molecule has 0 unspecified atom stereocenters. The van der Waals surface area contributed by atoms with Crippen molar-refractivity contribution in [2.75, 3.05) is 10.2 Å². The molecule has 1 N–H and O–H groups in total. The molecule has 0 aromatic heterocycles. The predicted octanol–water partition coefficient (Wildman–Crippen LogP) is 4.21. The number of anilines is 2.